The van der Waals surface area contributed by atoms with Gasteiger partial charge < -0.3 is 15.2 Å². The predicted octanol–water partition coefficient (Wildman–Crippen LogP) is 0.814. The molecule has 0 spiro atoms. The van der Waals surface area contributed by atoms with Crippen LogP contribution in [0.1, 0.15) is 5.56 Å². The summed E-state index contributed by atoms with van der Waals surface area (Å²) < 4.78 is 9.59. The van der Waals surface area contributed by atoms with Crippen LogP contribution >= 0.6 is 23.4 Å². The number of nitrogens with zero attached hydrogens (tertiary/aromatic N) is 2. The highest BCUT2D eigenvalue weighted by Crippen LogP contribution is 2.25. The first-order valence-electron chi connectivity index (χ1n) is 6.99. The third-order valence-corrected chi connectivity index (χ3v) is 3.98. The molecular weight excluding hydrogens is 384 g/mol. The number of ether oxygens (including phenoxy) is 2. The van der Waals surface area contributed by atoms with Crippen LogP contribution in [0.3, 0.4) is 0 Å². The fourth-order valence-corrected chi connectivity index (χ4v) is 2.63. The molecule has 11 heteroatoms. The number of amides is 2. The highest BCUT2D eigenvalue weighted by Gasteiger charge is 2.24. The van der Waals surface area contributed by atoms with Gasteiger partial charge in [-0.05, 0) is 35.5 Å². The van der Waals surface area contributed by atoms with Gasteiger partial charge in [0.15, 0.2) is 11.8 Å². The van der Waals surface area contributed by atoms with Gasteiger partial charge in [0.05, 0.1) is 23.3 Å². The van der Waals surface area contributed by atoms with E-state index in [1.54, 1.807) is 18.2 Å². The summed E-state index contributed by atoms with van der Waals surface area (Å²) in [7, 11) is 1.21. The van der Waals surface area contributed by atoms with Crippen LogP contribution in [0.2, 0.25) is 5.02 Å². The van der Waals surface area contributed by atoms with Gasteiger partial charge in [-0.15, -0.1) is 5.10 Å². The van der Waals surface area contributed by atoms with Crippen LogP contribution < -0.4 is 15.8 Å². The number of esters is 1. The molecule has 0 radical (unpaired) electrons. The Kier molecular flexibility index (Phi) is 6.75. The Morgan fingerprint density at radius 3 is 2.85 bits per heavy atom. The maximum absolute atomic E-state index is 11.7. The molecule has 2 rings (SSSR count). The standard InChI is InChI=1S/C15H13ClN4O5S/c1-24-13(22)5-11-14(23)19-15(26-11)20-18-6-8-2-3-10(9(16)4-8)25-7-12(17)21/h2-6H,7H2,1H3,(H2,17,21)(H,19,20,23)/b11-5+,18-6?. The number of halogens is 1. The summed E-state index contributed by atoms with van der Waals surface area (Å²) >= 11 is 6.99. The lowest BCUT2D eigenvalue weighted by atomic mass is 10.2. The van der Waals surface area contributed by atoms with E-state index in [0.717, 1.165) is 17.8 Å². The molecule has 3 N–H and O–H groups in total. The number of primary amides is 1. The Labute approximate surface area is 157 Å². The van der Waals surface area contributed by atoms with Gasteiger partial charge in [-0.25, -0.2) is 4.79 Å². The fraction of sp³-hybridized carbons (Fsp3) is 0.133. The number of hydrogen-bond donors (Lipinski definition) is 2. The predicted molar refractivity (Wildman–Crippen MR) is 97.0 cm³/mol. The minimum atomic E-state index is -0.638. The first-order valence-corrected chi connectivity index (χ1v) is 8.19. The van der Waals surface area contributed by atoms with Crippen LogP contribution in [0.25, 0.3) is 0 Å². The summed E-state index contributed by atoms with van der Waals surface area (Å²) in [5.41, 5.74) is 5.61. The second kappa shape index (κ2) is 9.02. The highest BCUT2D eigenvalue weighted by atomic mass is 35.5. The smallest absolute Gasteiger partial charge is 0.331 e. The molecule has 0 aliphatic carbocycles. The van der Waals surface area contributed by atoms with Crippen LogP contribution in [0, 0.1) is 0 Å². The highest BCUT2D eigenvalue weighted by molar-refractivity contribution is 8.18. The van der Waals surface area contributed by atoms with Crippen molar-refractivity contribution >= 4 is 52.5 Å². The number of thioether (sulfide) groups is 1. The molecule has 136 valence electrons. The summed E-state index contributed by atoms with van der Waals surface area (Å²) in [5, 5.41) is 10.7. The van der Waals surface area contributed by atoms with E-state index >= 15 is 0 Å². The lowest BCUT2D eigenvalue weighted by Gasteiger charge is -2.05. The summed E-state index contributed by atoms with van der Waals surface area (Å²) in [6, 6.07) is 4.77. The van der Waals surface area contributed by atoms with E-state index in [-0.39, 0.29) is 21.7 Å². The summed E-state index contributed by atoms with van der Waals surface area (Å²) in [4.78, 5) is 33.7. The molecule has 9 nitrogen and oxygen atoms in total. The van der Waals surface area contributed by atoms with Crippen LogP contribution in [0.4, 0.5) is 0 Å². The van der Waals surface area contributed by atoms with Crippen molar-refractivity contribution in [1.29, 1.82) is 0 Å². The zero-order valence-corrected chi connectivity index (χ0v) is 15.0. The molecule has 1 aromatic rings. The van der Waals surface area contributed by atoms with Gasteiger partial charge in [-0.2, -0.15) is 5.10 Å². The molecule has 1 aromatic carbocycles. The number of nitrogens with two attached hydrogens (primary N) is 1. The number of carbonyl (C=O) groups is 3. The molecule has 0 bridgehead atoms. The van der Waals surface area contributed by atoms with Crippen LogP contribution in [-0.4, -0.2) is 42.9 Å². The van der Waals surface area contributed by atoms with Gasteiger partial charge in [-0.3, -0.25) is 14.9 Å². The SMILES string of the molecule is COC(=O)/C=C1/S/C(=N\N=Cc2ccc(OCC(N)=O)c(Cl)c2)NC1=O. The summed E-state index contributed by atoms with van der Waals surface area (Å²) in [5.74, 6) is -1.40. The molecule has 0 atom stereocenters. The number of nitrogens with one attached hydrogen (secondary N) is 1. The lowest BCUT2D eigenvalue weighted by molar-refractivity contribution is -0.135. The minimum Gasteiger partial charge on any atom is -0.482 e. The molecule has 1 saturated heterocycles. The zero-order valence-electron chi connectivity index (χ0n) is 13.4. The maximum Gasteiger partial charge on any atom is 0.331 e. The molecule has 1 heterocycles. The topological polar surface area (TPSA) is 132 Å². The number of amidine groups is 1. The van der Waals surface area contributed by atoms with Crippen molar-refractivity contribution in [2.24, 2.45) is 15.9 Å². The van der Waals surface area contributed by atoms with Gasteiger partial charge in [0.25, 0.3) is 11.8 Å². The second-order valence-corrected chi connectivity index (χ2v) is 6.12. The fourth-order valence-electron chi connectivity index (χ4n) is 1.65. The van der Waals surface area contributed by atoms with E-state index in [2.05, 4.69) is 20.3 Å². The van der Waals surface area contributed by atoms with Gasteiger partial charge in [0, 0.05) is 6.08 Å². The lowest BCUT2D eigenvalue weighted by Crippen LogP contribution is -2.20. The van der Waals surface area contributed by atoms with Crippen molar-refractivity contribution in [3.63, 3.8) is 0 Å². The number of rotatable bonds is 6. The molecule has 1 fully saturated rings. The van der Waals surface area contributed by atoms with Crippen LogP contribution in [-0.2, 0) is 19.1 Å². The molecule has 1 aliphatic heterocycles. The number of methoxy groups -OCH3 is 1. The van der Waals surface area contributed by atoms with E-state index in [9.17, 15) is 14.4 Å². The maximum atomic E-state index is 11.7. The number of hydrogen-bond acceptors (Lipinski definition) is 8. The first kappa shape index (κ1) is 19.5. The average molecular weight is 397 g/mol. The summed E-state index contributed by atoms with van der Waals surface area (Å²) in [6.07, 6.45) is 2.47. The van der Waals surface area contributed by atoms with Gasteiger partial charge in [0.2, 0.25) is 0 Å². The van der Waals surface area contributed by atoms with Crippen molar-refractivity contribution in [2.75, 3.05) is 13.7 Å². The van der Waals surface area contributed by atoms with Crippen molar-refractivity contribution in [3.05, 3.63) is 39.8 Å². The monoisotopic (exact) mass is 396 g/mol. The van der Waals surface area contributed by atoms with E-state index in [4.69, 9.17) is 22.1 Å². The minimum absolute atomic E-state index is 0.157. The van der Waals surface area contributed by atoms with Gasteiger partial charge in [-0.1, -0.05) is 11.6 Å². The molecule has 0 aromatic heterocycles. The molecule has 2 amide bonds. The Hall–Kier alpha value is -2.85. The Balaban J connectivity index is 2.02. The average Bonchev–Trinajstić information content (AvgIpc) is 2.93. The summed E-state index contributed by atoms with van der Waals surface area (Å²) in [6.45, 7) is -0.279. The number of carbonyl (C=O) groups excluding carboxylic acids is 3. The van der Waals surface area contributed by atoms with E-state index in [1.165, 1.54) is 13.3 Å². The van der Waals surface area contributed by atoms with E-state index in [0.29, 0.717) is 11.3 Å². The molecule has 0 saturated carbocycles. The van der Waals surface area contributed by atoms with Crippen LogP contribution in [0.15, 0.2) is 39.4 Å². The van der Waals surface area contributed by atoms with Crippen molar-refractivity contribution in [1.82, 2.24) is 5.32 Å². The Morgan fingerprint density at radius 2 is 2.19 bits per heavy atom. The van der Waals surface area contributed by atoms with Crippen molar-refractivity contribution in [3.8, 4) is 5.75 Å². The first-order chi connectivity index (χ1) is 12.4. The Morgan fingerprint density at radius 1 is 1.42 bits per heavy atom. The van der Waals surface area contributed by atoms with Gasteiger partial charge in [0.1, 0.15) is 5.75 Å². The van der Waals surface area contributed by atoms with Crippen LogP contribution in [0.5, 0.6) is 5.75 Å². The van der Waals surface area contributed by atoms with Gasteiger partial charge >= 0.3 is 5.97 Å². The molecule has 26 heavy (non-hydrogen) atoms. The largest absolute Gasteiger partial charge is 0.482 e. The van der Waals surface area contributed by atoms with E-state index < -0.39 is 17.8 Å². The number of benzene rings is 1. The third-order valence-electron chi connectivity index (χ3n) is 2.78. The van der Waals surface area contributed by atoms with Crippen molar-refractivity contribution < 1.29 is 23.9 Å². The third kappa shape index (κ3) is 5.60. The zero-order chi connectivity index (χ0) is 19.1. The normalized spacial score (nSPS) is 16.9. The van der Waals surface area contributed by atoms with Crippen molar-refractivity contribution in [2.45, 2.75) is 0 Å². The molecule has 1 aliphatic rings. The Bertz CT molecular complexity index is 837. The molecular formula is C15H13ClN4O5S. The second-order valence-electron chi connectivity index (χ2n) is 4.68. The molecule has 0 unspecified atom stereocenters. The van der Waals surface area contributed by atoms with E-state index in [1.807, 2.05) is 0 Å². The quantitative estimate of drug-likeness (QED) is 0.316.